The Morgan fingerprint density at radius 2 is 1.87 bits per heavy atom. The Labute approximate surface area is 250 Å². The molecule has 204 valence electrons. The number of aliphatic hydroxyl groups is 2. The quantitative estimate of drug-likeness (QED) is 0.246. The predicted octanol–water partition coefficient (Wildman–Crippen LogP) is 0.790. The molecule has 1 heterocycles. The van der Waals surface area contributed by atoms with Crippen molar-refractivity contribution in [3.05, 3.63) is 82.9 Å². The summed E-state index contributed by atoms with van der Waals surface area (Å²) in [6.45, 7) is 4.03. The second-order valence-electron chi connectivity index (χ2n) is 9.14. The zero-order chi connectivity index (χ0) is 27.8. The summed E-state index contributed by atoms with van der Waals surface area (Å²) in [6.07, 6.45) is -0.0665. The van der Waals surface area contributed by atoms with Crippen molar-refractivity contribution < 1.29 is 65.0 Å². The minimum atomic E-state index is -1.23. The molecule has 0 aliphatic rings. The van der Waals surface area contributed by atoms with E-state index in [2.05, 4.69) is 10.4 Å². The molecule has 4 N–H and O–H groups in total. The summed E-state index contributed by atoms with van der Waals surface area (Å²) < 4.78 is 20.3. The molecule has 0 saturated carbocycles. The van der Waals surface area contributed by atoms with Crippen molar-refractivity contribution in [3.63, 3.8) is 0 Å². The Morgan fingerprint density at radius 3 is 2.49 bits per heavy atom. The van der Waals surface area contributed by atoms with Gasteiger partial charge in [0.25, 0.3) is 5.91 Å². The van der Waals surface area contributed by atoms with Crippen LogP contribution in [0.2, 0.25) is 0 Å². The van der Waals surface area contributed by atoms with Crippen LogP contribution < -0.4 is 39.6 Å². The predicted molar refractivity (Wildman–Crippen MR) is 141 cm³/mol. The van der Waals surface area contributed by atoms with Gasteiger partial charge in [-0.25, -0.2) is 9.07 Å². The van der Waals surface area contributed by atoms with E-state index in [-0.39, 0.29) is 55.6 Å². The number of carboxylic acid groups (broad SMARTS) is 1. The fourth-order valence-corrected chi connectivity index (χ4v) is 4.01. The second-order valence-corrected chi connectivity index (χ2v) is 9.14. The van der Waals surface area contributed by atoms with Gasteiger partial charge in [-0.3, -0.25) is 9.59 Å². The maximum Gasteiger partial charge on any atom is 1.00 e. The van der Waals surface area contributed by atoms with Crippen LogP contribution in [0.5, 0.6) is 5.75 Å². The summed E-state index contributed by atoms with van der Waals surface area (Å²) >= 11 is 0. The molecule has 0 saturated heterocycles. The van der Waals surface area contributed by atoms with Crippen LogP contribution in [0, 0.1) is 5.82 Å². The van der Waals surface area contributed by atoms with Gasteiger partial charge in [0.1, 0.15) is 11.6 Å². The van der Waals surface area contributed by atoms with E-state index in [9.17, 15) is 24.2 Å². The number of hydrogen-bond acceptors (Lipinski definition) is 6. The Bertz CT molecular complexity index is 1300. The fraction of sp³-hybridized carbons (Fsp3) is 0.321. The Kier molecular flexibility index (Phi) is 12.3. The number of nitrogens with zero attached hydrogens (tertiary/aromatic N) is 2. The van der Waals surface area contributed by atoms with Gasteiger partial charge in [0.2, 0.25) is 0 Å². The van der Waals surface area contributed by atoms with Gasteiger partial charge in [-0.05, 0) is 54.0 Å². The average Bonchev–Trinajstić information content (AvgIpc) is 3.26. The van der Waals surface area contributed by atoms with Crippen molar-refractivity contribution >= 4 is 18.0 Å². The van der Waals surface area contributed by atoms with E-state index in [1.807, 2.05) is 32.0 Å². The maximum absolute atomic E-state index is 13.6. The molecule has 39 heavy (non-hydrogen) atoms. The van der Waals surface area contributed by atoms with Crippen molar-refractivity contribution in [3.8, 4) is 11.4 Å². The topological polar surface area (TPSA) is 134 Å². The van der Waals surface area contributed by atoms with Crippen LogP contribution in [-0.4, -0.2) is 56.3 Å². The number of aliphatic carboxylic acids is 1. The van der Waals surface area contributed by atoms with Gasteiger partial charge in [0.15, 0.2) is 5.69 Å². The molecule has 0 aliphatic heterocycles. The third-order valence-electron chi connectivity index (χ3n) is 5.81. The number of benzene rings is 2. The minimum absolute atomic E-state index is 0. The fourth-order valence-electron chi connectivity index (χ4n) is 4.01. The smallest absolute Gasteiger partial charge is 1.00 e. The van der Waals surface area contributed by atoms with Crippen LogP contribution >= 0.6 is 0 Å². The number of aliphatic hydroxyl groups excluding tert-OH is 2. The van der Waals surface area contributed by atoms with Gasteiger partial charge in [-0.2, -0.15) is 5.10 Å². The summed E-state index contributed by atoms with van der Waals surface area (Å²) in [5, 5.41) is 36.5. The van der Waals surface area contributed by atoms with E-state index in [0.717, 1.165) is 5.56 Å². The third kappa shape index (κ3) is 9.01. The normalized spacial score (nSPS) is 12.7. The van der Waals surface area contributed by atoms with Crippen LogP contribution in [0.25, 0.3) is 11.8 Å². The van der Waals surface area contributed by atoms with Crippen molar-refractivity contribution in [1.29, 1.82) is 0 Å². The Morgan fingerprint density at radius 1 is 1.18 bits per heavy atom. The van der Waals surface area contributed by atoms with Gasteiger partial charge in [-0.1, -0.05) is 32.1 Å². The van der Waals surface area contributed by atoms with Crippen molar-refractivity contribution in [1.82, 2.24) is 15.1 Å². The number of methoxy groups -OCH3 is 1. The van der Waals surface area contributed by atoms with Crippen molar-refractivity contribution in [2.45, 2.75) is 51.4 Å². The van der Waals surface area contributed by atoms with Gasteiger partial charge in [-0.15, -0.1) is 0 Å². The second kappa shape index (κ2) is 14.9. The van der Waals surface area contributed by atoms with Gasteiger partial charge in [0.05, 0.1) is 37.1 Å². The van der Waals surface area contributed by atoms with E-state index in [1.54, 1.807) is 19.3 Å². The standard InChI is InChI=1S/C28H32FN3O6.Na.H/c1-17(2)26-24(12-11-21(33)14-22(34)15-25(35)36)32(20-9-7-19(29)8-10-20)31-27(26)28(37)30-16-18-5-4-6-23(13-18)38-3;;/h4-13,17,21-22,33-34H,14-16H2,1-3H3,(H,30,37)(H,35,36);;/q;+1;-1/t21-,22+;;/m0../s1. The van der Waals surface area contributed by atoms with Gasteiger partial charge >= 0.3 is 35.5 Å². The number of aromatic nitrogens is 2. The maximum atomic E-state index is 13.6. The number of carbonyl (C=O) groups excluding carboxylic acids is 1. The first-order valence-corrected chi connectivity index (χ1v) is 12.1. The number of carbonyl (C=O) groups is 2. The number of halogens is 1. The zero-order valence-corrected chi connectivity index (χ0v) is 24.5. The first kappa shape index (κ1) is 32.2. The molecule has 0 bridgehead atoms. The van der Waals surface area contributed by atoms with Crippen molar-refractivity contribution in [2.75, 3.05) is 7.11 Å². The van der Waals surface area contributed by atoms with Crippen molar-refractivity contribution in [2.24, 2.45) is 0 Å². The molecular formula is C28H33FN3NaO6. The van der Waals surface area contributed by atoms with Gasteiger partial charge in [0, 0.05) is 18.5 Å². The van der Waals surface area contributed by atoms with Gasteiger partial charge < -0.3 is 26.8 Å². The molecule has 1 aromatic heterocycles. The number of amides is 1. The zero-order valence-electron chi connectivity index (χ0n) is 23.5. The molecule has 0 radical (unpaired) electrons. The monoisotopic (exact) mass is 549 g/mol. The van der Waals surface area contributed by atoms with E-state index < -0.39 is 36.3 Å². The molecule has 2 aromatic carbocycles. The molecule has 9 nitrogen and oxygen atoms in total. The minimum Gasteiger partial charge on any atom is -1.00 e. The third-order valence-corrected chi connectivity index (χ3v) is 5.81. The molecule has 0 fully saturated rings. The van der Waals surface area contributed by atoms with E-state index in [0.29, 0.717) is 22.7 Å². The van der Waals surface area contributed by atoms with Crippen LogP contribution in [0.3, 0.4) is 0 Å². The summed E-state index contributed by atoms with van der Waals surface area (Å²) in [5.41, 5.74) is 2.61. The number of rotatable bonds is 12. The molecule has 3 aromatic rings. The first-order valence-electron chi connectivity index (χ1n) is 12.1. The van der Waals surface area contributed by atoms with E-state index in [1.165, 1.54) is 35.0 Å². The Balaban J connectivity index is 0.00000400. The molecule has 0 aliphatic carbocycles. The number of carboxylic acids is 1. The van der Waals surface area contributed by atoms with E-state index >= 15 is 0 Å². The van der Waals surface area contributed by atoms with Crippen LogP contribution in [0.4, 0.5) is 4.39 Å². The number of hydrogen-bond donors (Lipinski definition) is 4. The molecule has 0 spiro atoms. The summed E-state index contributed by atoms with van der Waals surface area (Å²) in [6, 6.07) is 12.9. The summed E-state index contributed by atoms with van der Waals surface area (Å²) in [4.78, 5) is 24.1. The van der Waals surface area contributed by atoms with Crippen LogP contribution in [-0.2, 0) is 11.3 Å². The van der Waals surface area contributed by atoms with E-state index in [4.69, 9.17) is 9.84 Å². The average molecular weight is 550 g/mol. The SMILES string of the molecule is COc1cccc(CNC(=O)c2nn(-c3ccc(F)cc3)c(C=C[C@H](O)C[C@@H](O)CC(=O)O)c2C(C)C)c1.[H-].[Na+]. The summed E-state index contributed by atoms with van der Waals surface area (Å²) in [7, 11) is 1.56. The first-order chi connectivity index (χ1) is 18.1. The van der Waals surface area contributed by atoms with Crippen LogP contribution in [0.15, 0.2) is 54.6 Å². The molecule has 1 amide bonds. The molecule has 0 unspecified atom stereocenters. The molecular weight excluding hydrogens is 516 g/mol. The Hall–Kier alpha value is -3.02. The molecule has 3 rings (SSSR count). The van der Waals surface area contributed by atoms with Crippen LogP contribution in [0.1, 0.15) is 61.3 Å². The number of ether oxygens (including phenoxy) is 1. The summed E-state index contributed by atoms with van der Waals surface area (Å²) in [5.74, 6) is -1.50. The molecule has 2 atom stereocenters. The number of nitrogens with one attached hydrogen (secondary N) is 1. The molecule has 11 heteroatoms. The largest absolute Gasteiger partial charge is 1.00 e.